The smallest absolute Gasteiger partial charge is 0.273 e. The van der Waals surface area contributed by atoms with Crippen LogP contribution in [0.15, 0.2) is 30.7 Å². The maximum Gasteiger partial charge on any atom is 0.273 e. The van der Waals surface area contributed by atoms with Gasteiger partial charge in [-0.3, -0.25) is 4.79 Å². The van der Waals surface area contributed by atoms with Crippen molar-refractivity contribution in [3.05, 3.63) is 42.0 Å². The summed E-state index contributed by atoms with van der Waals surface area (Å²) < 4.78 is 1.67. The summed E-state index contributed by atoms with van der Waals surface area (Å²) in [5.41, 5.74) is 8.53. The molecule has 5 heteroatoms. The van der Waals surface area contributed by atoms with Crippen molar-refractivity contribution in [3.63, 3.8) is 0 Å². The molecule has 1 heterocycles. The van der Waals surface area contributed by atoms with Gasteiger partial charge in [0.2, 0.25) is 0 Å². The molecule has 0 aliphatic carbocycles. The Kier molecular flexibility index (Phi) is 2.82. The molecule has 0 aliphatic heterocycles. The monoisotopic (exact) mass is 230 g/mol. The van der Waals surface area contributed by atoms with E-state index in [1.54, 1.807) is 30.1 Å². The van der Waals surface area contributed by atoms with Crippen molar-refractivity contribution in [1.82, 2.24) is 9.55 Å². The summed E-state index contributed by atoms with van der Waals surface area (Å²) in [6.07, 6.45) is 3.12. The number of nitrogen functional groups attached to an aromatic ring is 1. The van der Waals surface area contributed by atoms with Gasteiger partial charge in [0.15, 0.2) is 0 Å². The highest BCUT2D eigenvalue weighted by atomic mass is 16.2. The van der Waals surface area contributed by atoms with Crippen LogP contribution in [0.1, 0.15) is 16.1 Å². The molecule has 0 radical (unpaired) electrons. The number of rotatable bonds is 2. The van der Waals surface area contributed by atoms with Gasteiger partial charge in [-0.25, -0.2) is 4.98 Å². The third-order valence-electron chi connectivity index (χ3n) is 2.55. The number of hydrogen-bond donors (Lipinski definition) is 2. The third kappa shape index (κ3) is 2.28. The van der Waals surface area contributed by atoms with Crippen molar-refractivity contribution < 1.29 is 4.79 Å². The maximum atomic E-state index is 11.9. The van der Waals surface area contributed by atoms with Crippen molar-refractivity contribution in [3.8, 4) is 0 Å². The molecule has 2 rings (SSSR count). The number of nitrogens with zero attached hydrogens (tertiary/aromatic N) is 2. The second kappa shape index (κ2) is 4.29. The van der Waals surface area contributed by atoms with Crippen LogP contribution < -0.4 is 11.1 Å². The van der Waals surface area contributed by atoms with Gasteiger partial charge in [-0.15, -0.1) is 0 Å². The van der Waals surface area contributed by atoms with Crippen LogP contribution >= 0.6 is 0 Å². The lowest BCUT2D eigenvalue weighted by molar-refractivity contribution is 0.101. The second-order valence-electron chi connectivity index (χ2n) is 3.92. The van der Waals surface area contributed by atoms with Crippen LogP contribution in [0.4, 0.5) is 11.4 Å². The number of nitrogens with two attached hydrogens (primary N) is 1. The Bertz CT molecular complexity index is 559. The van der Waals surface area contributed by atoms with Crippen LogP contribution in [-0.2, 0) is 7.05 Å². The Morgan fingerprint density at radius 1 is 1.47 bits per heavy atom. The van der Waals surface area contributed by atoms with E-state index in [1.165, 1.54) is 6.20 Å². The molecule has 0 bridgehead atoms. The summed E-state index contributed by atoms with van der Waals surface area (Å²) in [6, 6.07) is 5.36. The first kappa shape index (κ1) is 11.2. The SMILES string of the molecule is Cc1cc(N)ccc1NC(=O)c1cncn1C. The molecule has 0 spiro atoms. The van der Waals surface area contributed by atoms with Crippen molar-refractivity contribution in [2.24, 2.45) is 7.05 Å². The minimum absolute atomic E-state index is 0.183. The van der Waals surface area contributed by atoms with E-state index in [1.807, 2.05) is 13.0 Å². The van der Waals surface area contributed by atoms with E-state index in [0.717, 1.165) is 11.3 Å². The van der Waals surface area contributed by atoms with Gasteiger partial charge in [-0.2, -0.15) is 0 Å². The molecule has 0 unspecified atom stereocenters. The molecule has 0 aliphatic rings. The predicted octanol–water partition coefficient (Wildman–Crippen LogP) is 1.56. The molecule has 0 saturated carbocycles. The highest BCUT2D eigenvalue weighted by Crippen LogP contribution is 2.18. The zero-order chi connectivity index (χ0) is 12.4. The van der Waals surface area contributed by atoms with Gasteiger partial charge in [0, 0.05) is 18.4 Å². The van der Waals surface area contributed by atoms with E-state index in [4.69, 9.17) is 5.73 Å². The molecule has 2 aromatic rings. The zero-order valence-corrected chi connectivity index (χ0v) is 9.77. The number of aromatic nitrogens is 2. The number of amides is 1. The van der Waals surface area contributed by atoms with E-state index in [9.17, 15) is 4.79 Å². The lowest BCUT2D eigenvalue weighted by Gasteiger charge is -2.09. The standard InChI is InChI=1S/C12H14N4O/c1-8-5-9(13)3-4-10(8)15-12(17)11-6-14-7-16(11)2/h3-7H,13H2,1-2H3,(H,15,17). The molecule has 0 saturated heterocycles. The summed E-state index contributed by atoms with van der Waals surface area (Å²) in [5, 5.41) is 2.83. The molecule has 3 N–H and O–H groups in total. The van der Waals surface area contributed by atoms with E-state index in [2.05, 4.69) is 10.3 Å². The van der Waals surface area contributed by atoms with Crippen molar-refractivity contribution >= 4 is 17.3 Å². The summed E-state index contributed by atoms with van der Waals surface area (Å²) >= 11 is 0. The Morgan fingerprint density at radius 3 is 2.82 bits per heavy atom. The van der Waals surface area contributed by atoms with Crippen LogP contribution in [0.2, 0.25) is 0 Å². The molecular weight excluding hydrogens is 216 g/mol. The third-order valence-corrected chi connectivity index (χ3v) is 2.55. The van der Waals surface area contributed by atoms with Crippen LogP contribution in [0.5, 0.6) is 0 Å². The van der Waals surface area contributed by atoms with E-state index in [0.29, 0.717) is 11.4 Å². The summed E-state index contributed by atoms with van der Waals surface area (Å²) in [5.74, 6) is -0.183. The topological polar surface area (TPSA) is 72.9 Å². The Labute approximate surface area is 99.3 Å². The van der Waals surface area contributed by atoms with Gasteiger partial charge in [0.25, 0.3) is 5.91 Å². The molecule has 0 fully saturated rings. The normalized spacial score (nSPS) is 10.2. The zero-order valence-electron chi connectivity index (χ0n) is 9.77. The van der Waals surface area contributed by atoms with Gasteiger partial charge in [0.1, 0.15) is 5.69 Å². The summed E-state index contributed by atoms with van der Waals surface area (Å²) in [6.45, 7) is 1.90. The second-order valence-corrected chi connectivity index (χ2v) is 3.92. The quantitative estimate of drug-likeness (QED) is 0.769. The fourth-order valence-electron chi connectivity index (χ4n) is 1.59. The fourth-order valence-corrected chi connectivity index (χ4v) is 1.59. The van der Waals surface area contributed by atoms with Crippen LogP contribution in [0.3, 0.4) is 0 Å². The molecule has 0 atom stereocenters. The number of aryl methyl sites for hydroxylation is 2. The number of anilines is 2. The number of benzene rings is 1. The van der Waals surface area contributed by atoms with E-state index < -0.39 is 0 Å². The van der Waals surface area contributed by atoms with Crippen molar-refractivity contribution in [1.29, 1.82) is 0 Å². The molecular formula is C12H14N4O. The molecule has 5 nitrogen and oxygen atoms in total. The number of carbonyl (C=O) groups excluding carboxylic acids is 1. The average molecular weight is 230 g/mol. The number of imidazole rings is 1. The largest absolute Gasteiger partial charge is 0.399 e. The van der Waals surface area contributed by atoms with Crippen molar-refractivity contribution in [2.75, 3.05) is 11.1 Å². The first-order chi connectivity index (χ1) is 8.08. The predicted molar refractivity (Wildman–Crippen MR) is 66.8 cm³/mol. The molecule has 1 aromatic carbocycles. The van der Waals surface area contributed by atoms with Crippen LogP contribution in [-0.4, -0.2) is 15.5 Å². The highest BCUT2D eigenvalue weighted by Gasteiger charge is 2.10. The van der Waals surface area contributed by atoms with Crippen LogP contribution in [0, 0.1) is 6.92 Å². The van der Waals surface area contributed by atoms with Gasteiger partial charge >= 0.3 is 0 Å². The molecule has 1 aromatic heterocycles. The Morgan fingerprint density at radius 2 is 2.24 bits per heavy atom. The Balaban J connectivity index is 2.22. The van der Waals surface area contributed by atoms with Gasteiger partial charge in [-0.05, 0) is 30.7 Å². The maximum absolute atomic E-state index is 11.9. The molecule has 17 heavy (non-hydrogen) atoms. The van der Waals surface area contributed by atoms with Gasteiger partial charge in [-0.1, -0.05) is 0 Å². The van der Waals surface area contributed by atoms with E-state index in [-0.39, 0.29) is 5.91 Å². The lowest BCUT2D eigenvalue weighted by Crippen LogP contribution is -2.16. The number of nitrogens with one attached hydrogen (secondary N) is 1. The first-order valence-electron chi connectivity index (χ1n) is 5.21. The van der Waals surface area contributed by atoms with Crippen molar-refractivity contribution in [2.45, 2.75) is 6.92 Å². The molecule has 88 valence electrons. The highest BCUT2D eigenvalue weighted by molar-refractivity contribution is 6.03. The average Bonchev–Trinajstić information content (AvgIpc) is 2.68. The fraction of sp³-hybridized carbons (Fsp3) is 0.167. The first-order valence-corrected chi connectivity index (χ1v) is 5.21. The minimum atomic E-state index is -0.183. The molecule has 1 amide bonds. The Hall–Kier alpha value is -2.30. The van der Waals surface area contributed by atoms with E-state index >= 15 is 0 Å². The van der Waals surface area contributed by atoms with Gasteiger partial charge in [0.05, 0.1) is 12.5 Å². The minimum Gasteiger partial charge on any atom is -0.399 e. The summed E-state index contributed by atoms with van der Waals surface area (Å²) in [7, 11) is 1.78. The number of carbonyl (C=O) groups is 1. The van der Waals surface area contributed by atoms with Crippen LogP contribution in [0.25, 0.3) is 0 Å². The summed E-state index contributed by atoms with van der Waals surface area (Å²) in [4.78, 5) is 15.8. The number of hydrogen-bond acceptors (Lipinski definition) is 3. The lowest BCUT2D eigenvalue weighted by atomic mass is 10.2. The van der Waals surface area contributed by atoms with Gasteiger partial charge < -0.3 is 15.6 Å².